The summed E-state index contributed by atoms with van der Waals surface area (Å²) in [7, 11) is 0. The van der Waals surface area contributed by atoms with Gasteiger partial charge in [0.05, 0.1) is 5.56 Å². The van der Waals surface area contributed by atoms with Crippen molar-refractivity contribution in [3.63, 3.8) is 0 Å². The van der Waals surface area contributed by atoms with E-state index >= 15 is 0 Å². The van der Waals surface area contributed by atoms with Gasteiger partial charge >= 0.3 is 0 Å². The summed E-state index contributed by atoms with van der Waals surface area (Å²) in [6.07, 6.45) is 2.59. The van der Waals surface area contributed by atoms with Crippen LogP contribution in [0.3, 0.4) is 0 Å². The van der Waals surface area contributed by atoms with Crippen LogP contribution in [0.4, 0.5) is 10.2 Å². The summed E-state index contributed by atoms with van der Waals surface area (Å²) in [6.45, 7) is 2.36. The summed E-state index contributed by atoms with van der Waals surface area (Å²) >= 11 is 6.04. The van der Waals surface area contributed by atoms with Gasteiger partial charge in [0.1, 0.15) is 17.7 Å². The minimum Gasteiger partial charge on any atom is -0.355 e. The topological polar surface area (TPSA) is 52.0 Å². The Balaban J connectivity index is 1.56. The second kappa shape index (κ2) is 6.95. The van der Waals surface area contributed by atoms with Crippen LogP contribution >= 0.6 is 11.6 Å². The number of pyridine rings is 1. The number of nitrogens with one attached hydrogen (secondary N) is 1. The Labute approximate surface area is 139 Å². The number of hydrogen-bond acceptors (Lipinski definition) is 4. The van der Waals surface area contributed by atoms with Gasteiger partial charge in [0.2, 0.25) is 0 Å². The highest BCUT2D eigenvalue weighted by Gasteiger charge is 2.23. The summed E-state index contributed by atoms with van der Waals surface area (Å²) in [6, 6.07) is 10.5. The number of nitrogens with zero attached hydrogens (tertiary/aromatic N) is 3. The predicted molar refractivity (Wildman–Crippen MR) is 87.8 cm³/mol. The lowest BCUT2D eigenvalue weighted by Crippen LogP contribution is -2.32. The molecule has 6 heteroatoms. The Kier molecular flexibility index (Phi) is 4.75. The smallest absolute Gasteiger partial charge is 0.128 e. The largest absolute Gasteiger partial charge is 0.355 e. The van der Waals surface area contributed by atoms with Gasteiger partial charge in [-0.1, -0.05) is 17.7 Å². The molecule has 1 aromatic heterocycles. The van der Waals surface area contributed by atoms with E-state index < -0.39 is 0 Å². The second-order valence-electron chi connectivity index (χ2n) is 5.57. The van der Waals surface area contributed by atoms with Crippen molar-refractivity contribution in [1.29, 1.82) is 5.26 Å². The molecule has 0 amide bonds. The molecule has 1 N–H and O–H groups in total. The van der Waals surface area contributed by atoms with Gasteiger partial charge in [0, 0.05) is 36.9 Å². The molecule has 0 radical (unpaired) electrons. The van der Waals surface area contributed by atoms with Crippen molar-refractivity contribution in [2.45, 2.75) is 19.0 Å². The zero-order valence-corrected chi connectivity index (χ0v) is 13.2. The van der Waals surface area contributed by atoms with Gasteiger partial charge in [-0.05, 0) is 36.2 Å². The molecule has 1 aliphatic rings. The number of rotatable bonds is 4. The fourth-order valence-corrected chi connectivity index (χ4v) is 2.93. The van der Waals surface area contributed by atoms with E-state index in [2.05, 4.69) is 21.3 Å². The molecule has 0 aliphatic carbocycles. The van der Waals surface area contributed by atoms with E-state index in [0.29, 0.717) is 23.2 Å². The first kappa shape index (κ1) is 15.7. The van der Waals surface area contributed by atoms with E-state index in [-0.39, 0.29) is 5.82 Å². The van der Waals surface area contributed by atoms with Crippen molar-refractivity contribution < 1.29 is 4.39 Å². The monoisotopic (exact) mass is 330 g/mol. The van der Waals surface area contributed by atoms with Crippen molar-refractivity contribution in [3.05, 3.63) is 58.5 Å². The van der Waals surface area contributed by atoms with Gasteiger partial charge in [0.15, 0.2) is 0 Å². The molecule has 1 atom stereocenters. The Bertz CT molecular complexity index is 726. The van der Waals surface area contributed by atoms with Crippen molar-refractivity contribution >= 4 is 17.4 Å². The van der Waals surface area contributed by atoms with Gasteiger partial charge in [-0.25, -0.2) is 9.37 Å². The van der Waals surface area contributed by atoms with E-state index in [1.807, 2.05) is 6.07 Å². The molecule has 1 aromatic carbocycles. The number of anilines is 1. The zero-order chi connectivity index (χ0) is 16.2. The first-order valence-electron chi connectivity index (χ1n) is 7.44. The van der Waals surface area contributed by atoms with E-state index in [4.69, 9.17) is 16.9 Å². The van der Waals surface area contributed by atoms with Gasteiger partial charge in [-0.2, -0.15) is 5.26 Å². The molecule has 4 nitrogen and oxygen atoms in total. The van der Waals surface area contributed by atoms with Crippen LogP contribution in [0.1, 0.15) is 17.5 Å². The van der Waals surface area contributed by atoms with E-state index in [0.717, 1.165) is 30.9 Å². The Morgan fingerprint density at radius 2 is 2.26 bits per heavy atom. The molecule has 2 heterocycles. The predicted octanol–water partition coefficient (Wildman–Crippen LogP) is 3.11. The Morgan fingerprint density at radius 1 is 1.39 bits per heavy atom. The Hall–Kier alpha value is -2.16. The molecule has 2 aromatic rings. The summed E-state index contributed by atoms with van der Waals surface area (Å²) in [5, 5.41) is 12.7. The van der Waals surface area contributed by atoms with Gasteiger partial charge in [-0.3, -0.25) is 0 Å². The average Bonchev–Trinajstić information content (AvgIpc) is 3.03. The van der Waals surface area contributed by atoms with E-state index in [1.54, 1.807) is 18.3 Å². The molecular formula is C17H16ClFN4. The van der Waals surface area contributed by atoms with Crippen molar-refractivity contribution in [1.82, 2.24) is 10.3 Å². The molecule has 1 saturated heterocycles. The zero-order valence-electron chi connectivity index (χ0n) is 12.5. The average molecular weight is 331 g/mol. The van der Waals surface area contributed by atoms with Crippen LogP contribution in [0.25, 0.3) is 0 Å². The van der Waals surface area contributed by atoms with Crippen molar-refractivity contribution in [3.8, 4) is 6.07 Å². The Morgan fingerprint density at radius 3 is 2.96 bits per heavy atom. The van der Waals surface area contributed by atoms with Crippen LogP contribution in [0.5, 0.6) is 0 Å². The quantitative estimate of drug-likeness (QED) is 0.936. The van der Waals surface area contributed by atoms with Gasteiger partial charge < -0.3 is 10.2 Å². The highest BCUT2D eigenvalue weighted by molar-refractivity contribution is 6.31. The maximum atomic E-state index is 13.0. The number of hydrogen-bond donors (Lipinski definition) is 1. The number of halogens is 2. The molecule has 1 aliphatic heterocycles. The summed E-state index contributed by atoms with van der Waals surface area (Å²) in [5.74, 6) is 0.561. The molecule has 0 bridgehead atoms. The summed E-state index contributed by atoms with van der Waals surface area (Å²) < 4.78 is 13.0. The number of aromatic nitrogens is 1. The third-order valence-electron chi connectivity index (χ3n) is 3.99. The van der Waals surface area contributed by atoms with Gasteiger partial charge in [-0.15, -0.1) is 0 Å². The minimum atomic E-state index is -0.322. The molecule has 3 rings (SSSR count). The van der Waals surface area contributed by atoms with Crippen LogP contribution in [0.15, 0.2) is 36.5 Å². The van der Waals surface area contributed by atoms with Crippen LogP contribution in [0.2, 0.25) is 5.02 Å². The van der Waals surface area contributed by atoms with Crippen LogP contribution in [0, 0.1) is 17.1 Å². The fourth-order valence-electron chi connectivity index (χ4n) is 2.69. The molecule has 1 fully saturated rings. The molecule has 0 spiro atoms. The maximum Gasteiger partial charge on any atom is 0.128 e. The standard InChI is InChI=1S/C17H16ClFN4/c18-16-7-14(19)3-2-13(16)10-21-15-5-6-23(11-15)17-4-1-12(8-20)9-22-17/h1-4,7,9,15,21H,5-6,10-11H2/t15-/m0/s1. The molecule has 0 unspecified atom stereocenters. The SMILES string of the molecule is N#Cc1ccc(N2CC[C@H](NCc3ccc(F)cc3Cl)C2)nc1. The van der Waals surface area contributed by atoms with Crippen molar-refractivity contribution in [2.24, 2.45) is 0 Å². The summed E-state index contributed by atoms with van der Waals surface area (Å²) in [4.78, 5) is 6.51. The fraction of sp³-hybridized carbons (Fsp3) is 0.294. The first-order chi connectivity index (χ1) is 11.2. The third-order valence-corrected chi connectivity index (χ3v) is 4.34. The summed E-state index contributed by atoms with van der Waals surface area (Å²) in [5.41, 5.74) is 1.46. The molecular weight excluding hydrogens is 315 g/mol. The molecule has 0 saturated carbocycles. The van der Waals surface area contributed by atoms with E-state index in [1.165, 1.54) is 12.1 Å². The van der Waals surface area contributed by atoms with Crippen molar-refractivity contribution in [2.75, 3.05) is 18.0 Å². The maximum absolute atomic E-state index is 13.0. The van der Waals surface area contributed by atoms with Crippen LogP contribution in [-0.4, -0.2) is 24.1 Å². The first-order valence-corrected chi connectivity index (χ1v) is 7.82. The molecule has 118 valence electrons. The third kappa shape index (κ3) is 3.79. The van der Waals surface area contributed by atoms with E-state index in [9.17, 15) is 4.39 Å². The number of benzene rings is 1. The lowest BCUT2D eigenvalue weighted by molar-refractivity contribution is 0.550. The number of nitriles is 1. The highest BCUT2D eigenvalue weighted by Crippen LogP contribution is 2.20. The van der Waals surface area contributed by atoms with Crippen LogP contribution < -0.4 is 10.2 Å². The second-order valence-corrected chi connectivity index (χ2v) is 5.97. The molecule has 23 heavy (non-hydrogen) atoms. The lowest BCUT2D eigenvalue weighted by atomic mass is 10.2. The van der Waals surface area contributed by atoms with Gasteiger partial charge in [0.25, 0.3) is 0 Å². The highest BCUT2D eigenvalue weighted by atomic mass is 35.5. The minimum absolute atomic E-state index is 0.322. The lowest BCUT2D eigenvalue weighted by Gasteiger charge is -2.18. The van der Waals surface area contributed by atoms with Crippen LogP contribution in [-0.2, 0) is 6.54 Å². The normalized spacial score (nSPS) is 17.3.